The number of rotatable bonds is 0. The molecule has 1 aliphatic heterocycles. The van der Waals surface area contributed by atoms with Crippen LogP contribution in [-0.4, -0.2) is 17.8 Å². The maximum atomic E-state index is 3.78. The Morgan fingerprint density at radius 2 is 2.67 bits per heavy atom. The van der Waals surface area contributed by atoms with Gasteiger partial charge >= 0.3 is 0 Å². The third-order valence-electron chi connectivity index (χ3n) is 0.494. The van der Waals surface area contributed by atoms with E-state index in [1.54, 1.807) is 11.8 Å². The minimum Gasteiger partial charge on any atom is -0.275 e. The second kappa shape index (κ2) is 2.24. The van der Waals surface area contributed by atoms with E-state index in [0.717, 1.165) is 12.3 Å². The Labute approximate surface area is 41.8 Å². The molecule has 1 heterocycles. The molecule has 0 aromatic heterocycles. The maximum absolute atomic E-state index is 3.78. The highest BCUT2D eigenvalue weighted by Crippen LogP contribution is 2.01. The van der Waals surface area contributed by atoms with Crippen molar-refractivity contribution in [2.24, 2.45) is 4.99 Å². The molecule has 2 heteroatoms. The van der Waals surface area contributed by atoms with Crippen molar-refractivity contribution in [1.29, 1.82) is 0 Å². The van der Waals surface area contributed by atoms with E-state index in [4.69, 9.17) is 0 Å². The van der Waals surface area contributed by atoms with Crippen molar-refractivity contribution in [1.82, 2.24) is 0 Å². The van der Waals surface area contributed by atoms with Gasteiger partial charge in [-0.2, -0.15) is 0 Å². The Morgan fingerprint density at radius 1 is 1.67 bits per heavy atom. The average Bonchev–Trinajstić information content (AvgIpc) is 1.72. The summed E-state index contributed by atoms with van der Waals surface area (Å²) in [5.41, 5.74) is 2.76. The van der Waals surface area contributed by atoms with Crippen molar-refractivity contribution in [3.63, 3.8) is 0 Å². The van der Waals surface area contributed by atoms with Crippen LogP contribution in [0.25, 0.3) is 0 Å². The number of thioether (sulfide) groups is 1. The van der Waals surface area contributed by atoms with Gasteiger partial charge in [0.05, 0.1) is 0 Å². The third kappa shape index (κ3) is 1.01. The first kappa shape index (κ1) is 4.19. The molecule has 0 unspecified atom stereocenters. The molecular formula is C4H4NS. The van der Waals surface area contributed by atoms with Crippen LogP contribution < -0.4 is 0 Å². The van der Waals surface area contributed by atoms with Crippen LogP contribution in [0.1, 0.15) is 0 Å². The Hall–Kier alpha value is 0.0200. The van der Waals surface area contributed by atoms with Gasteiger partial charge in [0.1, 0.15) is 5.55 Å². The number of hydrogen-bond donors (Lipinski definition) is 0. The summed E-state index contributed by atoms with van der Waals surface area (Å²) in [5, 5.41) is 0. The molecule has 0 bridgehead atoms. The van der Waals surface area contributed by atoms with Gasteiger partial charge in [0.2, 0.25) is 0 Å². The lowest BCUT2D eigenvalue weighted by molar-refractivity contribution is 1.15. The molecule has 0 spiro atoms. The molecule has 0 aliphatic carbocycles. The van der Waals surface area contributed by atoms with E-state index in [1.807, 2.05) is 0 Å². The van der Waals surface area contributed by atoms with Gasteiger partial charge in [0.25, 0.3) is 0 Å². The summed E-state index contributed by atoms with van der Waals surface area (Å²) in [5.74, 6) is 0.962. The second-order valence-electron chi connectivity index (χ2n) is 0.946. The van der Waals surface area contributed by atoms with E-state index < -0.39 is 0 Å². The highest BCUT2D eigenvalue weighted by atomic mass is 32.2. The first-order valence-corrected chi connectivity index (χ1v) is 2.73. The van der Waals surface area contributed by atoms with Gasteiger partial charge in [-0.05, 0) is 0 Å². The number of aliphatic imine (C=N–C) groups is 1. The largest absolute Gasteiger partial charge is 0.275 e. The van der Waals surface area contributed by atoms with Crippen LogP contribution in [-0.2, 0) is 0 Å². The van der Waals surface area contributed by atoms with Gasteiger partial charge in [0.15, 0.2) is 0 Å². The fourth-order valence-electron chi connectivity index (χ4n) is 0.263. The third-order valence-corrected chi connectivity index (χ3v) is 1.10. The van der Waals surface area contributed by atoms with Crippen LogP contribution in [0.3, 0.4) is 0 Å². The minimum atomic E-state index is 0.743. The normalized spacial score (nSPS) is 21.3. The van der Waals surface area contributed by atoms with Crippen LogP contribution in [0.5, 0.6) is 0 Å². The standard InChI is InChI=1S/C4H4NS/c1-2-5-4-6-3-1/h2-3H2. The quantitative estimate of drug-likeness (QED) is 0.435. The van der Waals surface area contributed by atoms with E-state index in [0.29, 0.717) is 0 Å². The van der Waals surface area contributed by atoms with Gasteiger partial charge < -0.3 is 0 Å². The van der Waals surface area contributed by atoms with Gasteiger partial charge in [0, 0.05) is 18.7 Å². The van der Waals surface area contributed by atoms with Crippen molar-refractivity contribution in [3.05, 3.63) is 6.42 Å². The molecule has 6 heavy (non-hydrogen) atoms. The first-order chi connectivity index (χ1) is 3.00. The molecule has 31 valence electrons. The minimum absolute atomic E-state index is 0.743. The van der Waals surface area contributed by atoms with Crippen molar-refractivity contribution in [2.45, 2.75) is 0 Å². The van der Waals surface area contributed by atoms with Crippen molar-refractivity contribution in [3.8, 4) is 0 Å². The van der Waals surface area contributed by atoms with Gasteiger partial charge in [-0.25, -0.2) is 0 Å². The summed E-state index contributed by atoms with van der Waals surface area (Å²) < 4.78 is 0. The molecule has 0 N–H and O–H groups in total. The zero-order valence-electron chi connectivity index (χ0n) is 3.27. The lowest BCUT2D eigenvalue weighted by atomic mass is 10.5. The van der Waals surface area contributed by atoms with Crippen LogP contribution >= 0.6 is 11.8 Å². The Morgan fingerprint density at radius 3 is 2.83 bits per heavy atom. The summed E-state index contributed by atoms with van der Waals surface area (Å²) in [6.45, 7) is 0.743. The predicted molar refractivity (Wildman–Crippen MR) is 28.0 cm³/mol. The van der Waals surface area contributed by atoms with Crippen molar-refractivity contribution in [2.75, 3.05) is 12.3 Å². The molecule has 1 nitrogen and oxygen atoms in total. The monoisotopic (exact) mass is 98.0 g/mol. The van der Waals surface area contributed by atoms with Gasteiger partial charge in [-0.3, -0.25) is 4.99 Å². The highest BCUT2D eigenvalue weighted by molar-refractivity contribution is 8.12. The van der Waals surface area contributed by atoms with Crippen LogP contribution in [0.15, 0.2) is 4.99 Å². The molecule has 0 saturated carbocycles. The molecule has 0 fully saturated rings. The fourth-order valence-corrected chi connectivity index (χ4v) is 0.677. The summed E-state index contributed by atoms with van der Waals surface area (Å²) >= 11 is 1.57. The SMILES string of the molecule is [C]1CN=[C]SC1. The molecule has 0 saturated heterocycles. The summed E-state index contributed by atoms with van der Waals surface area (Å²) in [4.78, 5) is 3.78. The lowest BCUT2D eigenvalue weighted by Crippen LogP contribution is -1.91. The van der Waals surface area contributed by atoms with Crippen LogP contribution in [0, 0.1) is 6.42 Å². The van der Waals surface area contributed by atoms with Crippen molar-refractivity contribution >= 4 is 17.3 Å². The maximum Gasteiger partial charge on any atom is 0.122 e. The van der Waals surface area contributed by atoms with Crippen LogP contribution in [0.4, 0.5) is 0 Å². The smallest absolute Gasteiger partial charge is 0.122 e. The van der Waals surface area contributed by atoms with Crippen molar-refractivity contribution < 1.29 is 0 Å². The summed E-state index contributed by atoms with van der Waals surface area (Å²) in [6, 6.07) is 0. The zero-order chi connectivity index (χ0) is 4.24. The van der Waals surface area contributed by atoms with E-state index in [-0.39, 0.29) is 0 Å². The zero-order valence-corrected chi connectivity index (χ0v) is 4.09. The summed E-state index contributed by atoms with van der Waals surface area (Å²) in [7, 11) is 0. The first-order valence-electron chi connectivity index (χ1n) is 1.74. The molecule has 1 aliphatic rings. The Balaban J connectivity index is 2.26. The Bertz CT molecular complexity index is 52.6. The number of hydrogen-bond acceptors (Lipinski definition) is 2. The molecular weight excluding hydrogens is 94.1 g/mol. The van der Waals surface area contributed by atoms with E-state index in [2.05, 4.69) is 17.0 Å². The predicted octanol–water partition coefficient (Wildman–Crippen LogP) is 0.720. The Kier molecular flexibility index (Phi) is 1.56. The van der Waals surface area contributed by atoms with Gasteiger partial charge in [-0.15, -0.1) is 11.8 Å². The van der Waals surface area contributed by atoms with Crippen LogP contribution in [0.2, 0.25) is 0 Å². The molecule has 0 aromatic rings. The van der Waals surface area contributed by atoms with E-state index >= 15 is 0 Å². The van der Waals surface area contributed by atoms with Gasteiger partial charge in [-0.1, -0.05) is 0 Å². The van der Waals surface area contributed by atoms with E-state index in [1.165, 1.54) is 0 Å². The molecule has 0 amide bonds. The molecule has 1 rings (SSSR count). The second-order valence-corrected chi connectivity index (χ2v) is 1.71. The summed E-state index contributed by atoms with van der Waals surface area (Å²) in [6.07, 6.45) is 3.02. The molecule has 3 radical (unpaired) electrons. The average molecular weight is 98.1 g/mol. The number of nitrogens with zero attached hydrogens (tertiary/aromatic N) is 1. The molecule has 0 atom stereocenters. The lowest BCUT2D eigenvalue weighted by Gasteiger charge is -1.94. The topological polar surface area (TPSA) is 12.4 Å². The fraction of sp³-hybridized carbons (Fsp3) is 0.500. The van der Waals surface area contributed by atoms with E-state index in [9.17, 15) is 0 Å². The highest BCUT2D eigenvalue weighted by Gasteiger charge is 1.90. The molecule has 0 aromatic carbocycles.